The standard InChI is InChI=1S/C16H20ClNO3S/c1-10-11(2)22-7-4-18(10)16(19)12-8-13(17)15-14(9-12)20-5-3-6-21-15/h8-11H,3-7H2,1-2H3. The van der Waals surface area contributed by atoms with E-state index in [9.17, 15) is 4.79 Å². The van der Waals surface area contributed by atoms with Gasteiger partial charge < -0.3 is 14.4 Å². The van der Waals surface area contributed by atoms with Gasteiger partial charge in [-0.3, -0.25) is 4.79 Å². The highest BCUT2D eigenvalue weighted by Crippen LogP contribution is 2.38. The quantitative estimate of drug-likeness (QED) is 0.784. The Morgan fingerprint density at radius 2 is 2.09 bits per heavy atom. The average molecular weight is 342 g/mol. The predicted octanol–water partition coefficient (Wildman–Crippen LogP) is 3.47. The fourth-order valence-electron chi connectivity index (χ4n) is 2.74. The number of carbonyl (C=O) groups excluding carboxylic acids is 1. The average Bonchev–Trinajstić information content (AvgIpc) is 2.75. The van der Waals surface area contributed by atoms with E-state index in [4.69, 9.17) is 21.1 Å². The zero-order valence-corrected chi connectivity index (χ0v) is 14.4. The van der Waals surface area contributed by atoms with Crippen LogP contribution in [0.4, 0.5) is 0 Å². The van der Waals surface area contributed by atoms with Gasteiger partial charge in [0.15, 0.2) is 11.5 Å². The molecule has 1 aromatic rings. The van der Waals surface area contributed by atoms with Gasteiger partial charge in [0.1, 0.15) is 0 Å². The second-order valence-corrected chi connectivity index (χ2v) is 7.54. The predicted molar refractivity (Wildman–Crippen MR) is 89.5 cm³/mol. The van der Waals surface area contributed by atoms with Gasteiger partial charge in [-0.2, -0.15) is 11.8 Å². The molecule has 2 aliphatic rings. The minimum atomic E-state index is 0.0113. The summed E-state index contributed by atoms with van der Waals surface area (Å²) in [4.78, 5) is 14.8. The Bertz CT molecular complexity index is 581. The Labute approximate surface area is 140 Å². The van der Waals surface area contributed by atoms with Gasteiger partial charge in [0.2, 0.25) is 0 Å². The number of carbonyl (C=O) groups is 1. The van der Waals surface area contributed by atoms with Gasteiger partial charge >= 0.3 is 0 Å². The topological polar surface area (TPSA) is 38.8 Å². The van der Waals surface area contributed by atoms with Crippen molar-refractivity contribution in [2.45, 2.75) is 31.6 Å². The molecular weight excluding hydrogens is 322 g/mol. The monoisotopic (exact) mass is 341 g/mol. The van der Waals surface area contributed by atoms with E-state index in [0.717, 1.165) is 18.7 Å². The van der Waals surface area contributed by atoms with Crippen molar-refractivity contribution in [1.29, 1.82) is 0 Å². The summed E-state index contributed by atoms with van der Waals surface area (Å²) in [7, 11) is 0. The summed E-state index contributed by atoms with van der Waals surface area (Å²) in [5, 5.41) is 0.878. The van der Waals surface area contributed by atoms with Crippen LogP contribution in [0.25, 0.3) is 0 Å². The van der Waals surface area contributed by atoms with Crippen LogP contribution in [0.1, 0.15) is 30.6 Å². The van der Waals surface area contributed by atoms with E-state index < -0.39 is 0 Å². The number of fused-ring (bicyclic) bond motifs is 1. The molecule has 0 radical (unpaired) electrons. The summed E-state index contributed by atoms with van der Waals surface area (Å²) < 4.78 is 11.3. The zero-order chi connectivity index (χ0) is 15.7. The van der Waals surface area contributed by atoms with Crippen LogP contribution in [0.2, 0.25) is 5.02 Å². The third-order valence-corrected chi connectivity index (χ3v) is 5.81. The van der Waals surface area contributed by atoms with E-state index in [1.807, 2.05) is 16.7 Å². The molecule has 2 heterocycles. The molecule has 2 unspecified atom stereocenters. The molecule has 120 valence electrons. The Morgan fingerprint density at radius 3 is 2.91 bits per heavy atom. The summed E-state index contributed by atoms with van der Waals surface area (Å²) >= 11 is 8.19. The van der Waals surface area contributed by atoms with E-state index in [1.54, 1.807) is 12.1 Å². The number of hydrogen-bond donors (Lipinski definition) is 0. The van der Waals surface area contributed by atoms with Crippen LogP contribution in [-0.2, 0) is 0 Å². The van der Waals surface area contributed by atoms with E-state index in [-0.39, 0.29) is 11.9 Å². The first kappa shape index (κ1) is 15.8. The number of nitrogens with zero attached hydrogens (tertiary/aromatic N) is 1. The Balaban J connectivity index is 1.89. The van der Waals surface area contributed by atoms with Gasteiger partial charge in [-0.05, 0) is 19.1 Å². The van der Waals surface area contributed by atoms with Crippen molar-refractivity contribution in [2.75, 3.05) is 25.5 Å². The molecule has 4 nitrogen and oxygen atoms in total. The largest absolute Gasteiger partial charge is 0.489 e. The van der Waals surface area contributed by atoms with Gasteiger partial charge in [0.05, 0.1) is 18.2 Å². The van der Waals surface area contributed by atoms with E-state index in [0.29, 0.717) is 40.5 Å². The molecule has 1 aromatic carbocycles. The number of benzene rings is 1. The normalized spacial score (nSPS) is 24.8. The summed E-state index contributed by atoms with van der Waals surface area (Å²) in [6.45, 7) is 6.18. The molecular formula is C16H20ClNO3S. The van der Waals surface area contributed by atoms with Gasteiger partial charge in [-0.25, -0.2) is 0 Å². The molecule has 1 amide bonds. The maximum Gasteiger partial charge on any atom is 0.254 e. The molecule has 0 aromatic heterocycles. The van der Waals surface area contributed by atoms with Gasteiger partial charge in [0.25, 0.3) is 5.91 Å². The highest BCUT2D eigenvalue weighted by molar-refractivity contribution is 8.00. The van der Waals surface area contributed by atoms with Gasteiger partial charge in [0, 0.05) is 35.6 Å². The van der Waals surface area contributed by atoms with Crippen LogP contribution < -0.4 is 9.47 Å². The number of thioether (sulfide) groups is 1. The summed E-state index contributed by atoms with van der Waals surface area (Å²) in [5.41, 5.74) is 0.570. The molecule has 0 bridgehead atoms. The lowest BCUT2D eigenvalue weighted by molar-refractivity contribution is 0.0697. The van der Waals surface area contributed by atoms with Crippen molar-refractivity contribution >= 4 is 29.3 Å². The molecule has 3 rings (SSSR count). The molecule has 0 N–H and O–H groups in total. The second kappa shape index (κ2) is 6.59. The lowest BCUT2D eigenvalue weighted by Gasteiger charge is -2.37. The fourth-order valence-corrected chi connectivity index (χ4v) is 4.10. The van der Waals surface area contributed by atoms with Crippen molar-refractivity contribution in [2.24, 2.45) is 0 Å². The number of hydrogen-bond acceptors (Lipinski definition) is 4. The molecule has 0 saturated carbocycles. The first-order valence-electron chi connectivity index (χ1n) is 7.59. The van der Waals surface area contributed by atoms with Gasteiger partial charge in [-0.15, -0.1) is 0 Å². The van der Waals surface area contributed by atoms with Crippen LogP contribution >= 0.6 is 23.4 Å². The highest BCUT2D eigenvalue weighted by Gasteiger charge is 2.30. The maximum absolute atomic E-state index is 12.8. The summed E-state index contributed by atoms with van der Waals surface area (Å²) in [5.74, 6) is 2.10. The third kappa shape index (κ3) is 3.01. The van der Waals surface area contributed by atoms with Crippen LogP contribution in [0.15, 0.2) is 12.1 Å². The number of amides is 1. The maximum atomic E-state index is 12.8. The molecule has 2 atom stereocenters. The lowest BCUT2D eigenvalue weighted by Crippen LogP contribution is -2.47. The van der Waals surface area contributed by atoms with E-state index >= 15 is 0 Å². The molecule has 0 aliphatic carbocycles. The second-order valence-electron chi connectivity index (χ2n) is 5.65. The summed E-state index contributed by atoms with van der Waals surface area (Å²) in [6.07, 6.45) is 0.812. The van der Waals surface area contributed by atoms with Crippen LogP contribution in [0.3, 0.4) is 0 Å². The van der Waals surface area contributed by atoms with Crippen LogP contribution in [0.5, 0.6) is 11.5 Å². The van der Waals surface area contributed by atoms with Crippen molar-refractivity contribution in [3.8, 4) is 11.5 Å². The van der Waals surface area contributed by atoms with Crippen LogP contribution in [-0.4, -0.2) is 47.6 Å². The van der Waals surface area contributed by atoms with Crippen molar-refractivity contribution in [3.63, 3.8) is 0 Å². The molecule has 22 heavy (non-hydrogen) atoms. The van der Waals surface area contributed by atoms with Gasteiger partial charge in [-0.1, -0.05) is 18.5 Å². The molecule has 1 saturated heterocycles. The number of rotatable bonds is 1. The number of halogens is 1. The third-order valence-electron chi connectivity index (χ3n) is 4.19. The summed E-state index contributed by atoms with van der Waals surface area (Å²) in [6, 6.07) is 3.66. The number of ether oxygens (including phenoxy) is 2. The fraction of sp³-hybridized carbons (Fsp3) is 0.562. The Hall–Kier alpha value is -1.07. The molecule has 6 heteroatoms. The highest BCUT2D eigenvalue weighted by atomic mass is 35.5. The first-order chi connectivity index (χ1) is 10.6. The minimum Gasteiger partial charge on any atom is -0.489 e. The van der Waals surface area contributed by atoms with Crippen LogP contribution in [0, 0.1) is 0 Å². The van der Waals surface area contributed by atoms with Crippen molar-refractivity contribution in [1.82, 2.24) is 4.90 Å². The molecule has 2 aliphatic heterocycles. The van der Waals surface area contributed by atoms with E-state index in [2.05, 4.69) is 13.8 Å². The van der Waals surface area contributed by atoms with E-state index in [1.165, 1.54) is 0 Å². The smallest absolute Gasteiger partial charge is 0.254 e. The molecule has 0 spiro atoms. The lowest BCUT2D eigenvalue weighted by atomic mass is 10.1. The SMILES string of the molecule is CC1SCCN(C(=O)c2cc(Cl)c3c(c2)OCCCO3)C1C. The molecule has 1 fully saturated rings. The Morgan fingerprint density at radius 1 is 1.32 bits per heavy atom. The van der Waals surface area contributed by atoms with Crippen molar-refractivity contribution < 1.29 is 14.3 Å². The Kier molecular flexibility index (Phi) is 4.73. The minimum absolute atomic E-state index is 0.0113. The van der Waals surface area contributed by atoms with Crippen molar-refractivity contribution in [3.05, 3.63) is 22.7 Å². The first-order valence-corrected chi connectivity index (χ1v) is 9.02. The zero-order valence-electron chi connectivity index (χ0n) is 12.8.